The Labute approximate surface area is 191 Å². The van der Waals surface area contributed by atoms with Crippen LogP contribution in [-0.2, 0) is 10.0 Å². The molecule has 2 aromatic carbocycles. The molecule has 1 N–H and O–H groups in total. The summed E-state index contributed by atoms with van der Waals surface area (Å²) in [6.07, 6.45) is 2.44. The third-order valence-corrected chi connectivity index (χ3v) is 7.46. The van der Waals surface area contributed by atoms with Crippen molar-refractivity contribution in [2.24, 2.45) is 0 Å². The Balaban J connectivity index is 1.38. The first kappa shape index (κ1) is 24.1. The fraction of sp³-hybridized carbons (Fsp3) is 0.458. The van der Waals surface area contributed by atoms with Crippen LogP contribution in [0.4, 0.5) is 5.69 Å². The van der Waals surface area contributed by atoms with Crippen LogP contribution >= 0.6 is 0 Å². The molecule has 1 saturated heterocycles. The highest BCUT2D eigenvalue weighted by Gasteiger charge is 2.26. The number of benzene rings is 2. The van der Waals surface area contributed by atoms with Crippen molar-refractivity contribution < 1.29 is 17.9 Å². The molecule has 0 aliphatic carbocycles. The number of unbranched alkanes of at least 4 members (excludes halogenated alkanes) is 1. The summed E-state index contributed by atoms with van der Waals surface area (Å²) in [6.45, 7) is 5.41. The number of anilines is 1. The van der Waals surface area contributed by atoms with Crippen molar-refractivity contribution >= 4 is 21.6 Å². The Hall–Kier alpha value is -2.58. The molecule has 32 heavy (non-hydrogen) atoms. The Kier molecular flexibility index (Phi) is 8.93. The Morgan fingerprint density at radius 2 is 1.66 bits per heavy atom. The molecule has 1 amide bonds. The molecule has 0 aromatic heterocycles. The average Bonchev–Trinajstić information content (AvgIpc) is 2.83. The number of nitrogens with zero attached hydrogens (tertiary/aromatic N) is 2. The number of carbonyl (C=O) groups is 1. The Bertz CT molecular complexity index is 941. The third-order valence-electron chi connectivity index (χ3n) is 5.50. The van der Waals surface area contributed by atoms with Crippen LogP contribution in [0, 0.1) is 0 Å². The van der Waals surface area contributed by atoms with Gasteiger partial charge >= 0.3 is 0 Å². The number of hydrogen-bond donors (Lipinski definition) is 1. The van der Waals surface area contributed by atoms with Crippen LogP contribution < -0.4 is 15.0 Å². The van der Waals surface area contributed by atoms with Crippen molar-refractivity contribution in [2.45, 2.75) is 26.2 Å². The number of rotatable bonds is 11. The van der Waals surface area contributed by atoms with Gasteiger partial charge in [-0.2, -0.15) is 4.31 Å². The second-order valence-corrected chi connectivity index (χ2v) is 9.96. The van der Waals surface area contributed by atoms with Crippen LogP contribution in [0.5, 0.6) is 5.75 Å². The van der Waals surface area contributed by atoms with Crippen LogP contribution in [0.25, 0.3) is 0 Å². The van der Waals surface area contributed by atoms with E-state index in [1.165, 1.54) is 0 Å². The molecule has 0 unspecified atom stereocenters. The van der Waals surface area contributed by atoms with Crippen molar-refractivity contribution in [1.29, 1.82) is 0 Å². The van der Waals surface area contributed by atoms with Gasteiger partial charge in [0.05, 0.1) is 12.4 Å². The second kappa shape index (κ2) is 11.9. The molecule has 0 saturated carbocycles. The standard InChI is InChI=1S/C24H33N3O4S/c1-2-3-19-31-23-12-10-21(11-13-23)24(28)25-14-7-20-32(29,30)27-17-15-26(16-18-27)22-8-5-4-6-9-22/h4-6,8-13H,2-3,7,14-20H2,1H3,(H,25,28). The lowest BCUT2D eigenvalue weighted by molar-refractivity contribution is 0.0953. The summed E-state index contributed by atoms with van der Waals surface area (Å²) in [5.41, 5.74) is 1.65. The van der Waals surface area contributed by atoms with Gasteiger partial charge in [-0.15, -0.1) is 0 Å². The van der Waals surface area contributed by atoms with E-state index in [-0.39, 0.29) is 11.7 Å². The highest BCUT2D eigenvalue weighted by molar-refractivity contribution is 7.89. The lowest BCUT2D eigenvalue weighted by Crippen LogP contribution is -2.49. The van der Waals surface area contributed by atoms with E-state index >= 15 is 0 Å². The van der Waals surface area contributed by atoms with E-state index in [0.29, 0.717) is 51.3 Å². The smallest absolute Gasteiger partial charge is 0.251 e. The van der Waals surface area contributed by atoms with Gasteiger partial charge in [0.15, 0.2) is 0 Å². The first-order chi connectivity index (χ1) is 15.5. The van der Waals surface area contributed by atoms with Gasteiger partial charge in [-0.05, 0) is 49.2 Å². The zero-order chi connectivity index (χ0) is 22.8. The fourth-order valence-corrected chi connectivity index (χ4v) is 5.07. The third kappa shape index (κ3) is 6.97. The Morgan fingerprint density at radius 3 is 2.31 bits per heavy atom. The molecular formula is C24H33N3O4S. The molecule has 1 aliphatic heterocycles. The van der Waals surface area contributed by atoms with Crippen LogP contribution in [0.15, 0.2) is 54.6 Å². The Morgan fingerprint density at radius 1 is 0.969 bits per heavy atom. The molecule has 3 rings (SSSR count). The van der Waals surface area contributed by atoms with Gasteiger partial charge < -0.3 is 15.0 Å². The van der Waals surface area contributed by atoms with E-state index in [0.717, 1.165) is 24.3 Å². The number of ether oxygens (including phenoxy) is 1. The SMILES string of the molecule is CCCCOc1ccc(C(=O)NCCCS(=O)(=O)N2CCN(c3ccccc3)CC2)cc1. The molecule has 7 nitrogen and oxygen atoms in total. The quantitative estimate of drug-likeness (QED) is 0.523. The first-order valence-electron chi connectivity index (χ1n) is 11.3. The van der Waals surface area contributed by atoms with Crippen molar-refractivity contribution in [3.05, 3.63) is 60.2 Å². The molecule has 1 fully saturated rings. The normalized spacial score (nSPS) is 14.8. The molecule has 0 bridgehead atoms. The van der Waals surface area contributed by atoms with E-state index in [1.54, 1.807) is 28.6 Å². The molecule has 174 valence electrons. The van der Waals surface area contributed by atoms with E-state index in [1.807, 2.05) is 30.3 Å². The lowest BCUT2D eigenvalue weighted by Gasteiger charge is -2.35. The number of carbonyl (C=O) groups excluding carboxylic acids is 1. The number of hydrogen-bond acceptors (Lipinski definition) is 5. The summed E-state index contributed by atoms with van der Waals surface area (Å²) < 4.78 is 32.5. The minimum atomic E-state index is -3.33. The van der Waals surface area contributed by atoms with E-state index in [4.69, 9.17) is 4.74 Å². The van der Waals surface area contributed by atoms with Gasteiger partial charge in [-0.1, -0.05) is 31.5 Å². The number of nitrogens with one attached hydrogen (secondary N) is 1. The molecule has 1 aliphatic rings. The van der Waals surface area contributed by atoms with Crippen LogP contribution in [0.1, 0.15) is 36.5 Å². The average molecular weight is 460 g/mol. The predicted molar refractivity (Wildman–Crippen MR) is 128 cm³/mol. The monoisotopic (exact) mass is 459 g/mol. The first-order valence-corrected chi connectivity index (χ1v) is 12.9. The number of piperazine rings is 1. The minimum absolute atomic E-state index is 0.0306. The maximum absolute atomic E-state index is 12.7. The van der Waals surface area contributed by atoms with Crippen molar-refractivity contribution in [3.8, 4) is 5.75 Å². The van der Waals surface area contributed by atoms with Gasteiger partial charge in [0.1, 0.15) is 5.75 Å². The van der Waals surface area contributed by atoms with Crippen molar-refractivity contribution in [1.82, 2.24) is 9.62 Å². The molecule has 0 spiro atoms. The van der Waals surface area contributed by atoms with Crippen LogP contribution in [0.2, 0.25) is 0 Å². The van der Waals surface area contributed by atoms with Gasteiger partial charge in [0, 0.05) is 44.0 Å². The molecule has 0 radical (unpaired) electrons. The van der Waals surface area contributed by atoms with Gasteiger partial charge in [0.25, 0.3) is 5.91 Å². The lowest BCUT2D eigenvalue weighted by atomic mass is 10.2. The maximum atomic E-state index is 12.7. The summed E-state index contributed by atoms with van der Waals surface area (Å²) >= 11 is 0. The molecule has 0 atom stereocenters. The summed E-state index contributed by atoms with van der Waals surface area (Å²) in [4.78, 5) is 14.5. The highest BCUT2D eigenvalue weighted by Crippen LogP contribution is 2.17. The number of amides is 1. The summed E-state index contributed by atoms with van der Waals surface area (Å²) in [6, 6.07) is 17.0. The summed E-state index contributed by atoms with van der Waals surface area (Å²) in [7, 11) is -3.33. The van der Waals surface area contributed by atoms with Gasteiger partial charge in [0.2, 0.25) is 10.0 Å². The van der Waals surface area contributed by atoms with Gasteiger partial charge in [-0.3, -0.25) is 4.79 Å². The van der Waals surface area contributed by atoms with E-state index in [2.05, 4.69) is 17.1 Å². The minimum Gasteiger partial charge on any atom is -0.494 e. The summed E-state index contributed by atoms with van der Waals surface area (Å²) in [5, 5.41) is 2.80. The van der Waals surface area contributed by atoms with Crippen molar-refractivity contribution in [3.63, 3.8) is 0 Å². The van der Waals surface area contributed by atoms with Crippen molar-refractivity contribution in [2.75, 3.05) is 50.0 Å². The zero-order valence-corrected chi connectivity index (χ0v) is 19.5. The summed E-state index contributed by atoms with van der Waals surface area (Å²) in [5.74, 6) is 0.565. The van der Waals surface area contributed by atoms with Crippen LogP contribution in [-0.4, -0.2) is 63.7 Å². The van der Waals surface area contributed by atoms with E-state index in [9.17, 15) is 13.2 Å². The maximum Gasteiger partial charge on any atom is 0.251 e. The number of para-hydroxylation sites is 1. The second-order valence-electron chi connectivity index (χ2n) is 7.87. The molecule has 1 heterocycles. The largest absolute Gasteiger partial charge is 0.494 e. The van der Waals surface area contributed by atoms with E-state index < -0.39 is 10.0 Å². The zero-order valence-electron chi connectivity index (χ0n) is 18.7. The molecular weight excluding hydrogens is 426 g/mol. The van der Waals surface area contributed by atoms with Gasteiger partial charge in [-0.25, -0.2) is 8.42 Å². The fourth-order valence-electron chi connectivity index (χ4n) is 3.59. The predicted octanol–water partition coefficient (Wildman–Crippen LogP) is 3.14. The highest BCUT2D eigenvalue weighted by atomic mass is 32.2. The molecule has 8 heteroatoms. The number of sulfonamides is 1. The van der Waals surface area contributed by atoms with Crippen LogP contribution in [0.3, 0.4) is 0 Å². The molecule has 2 aromatic rings. The topological polar surface area (TPSA) is 78.9 Å².